The number of rotatable bonds is 8. The molecule has 0 amide bonds. The highest BCUT2D eigenvalue weighted by Gasteiger charge is 2.06. The molecule has 23 heavy (non-hydrogen) atoms. The van der Waals surface area contributed by atoms with Crippen LogP contribution < -0.4 is 9.47 Å². The zero-order chi connectivity index (χ0) is 16.7. The Morgan fingerprint density at radius 1 is 0.957 bits per heavy atom. The van der Waals surface area contributed by atoms with E-state index in [2.05, 4.69) is 23.2 Å². The lowest BCUT2D eigenvalue weighted by Gasteiger charge is -2.17. The lowest BCUT2D eigenvalue weighted by atomic mass is 10.1. The van der Waals surface area contributed by atoms with Gasteiger partial charge in [-0.1, -0.05) is 18.2 Å². The Morgan fingerprint density at radius 2 is 1.61 bits per heavy atom. The number of likely N-dealkylation sites (N-methyl/N-ethyl adjacent to an activating group) is 1. The number of nitroso groups, excluding NO2 is 1. The van der Waals surface area contributed by atoms with E-state index >= 15 is 0 Å². The third-order valence-corrected chi connectivity index (χ3v) is 3.72. The number of methoxy groups -OCH3 is 2. The second-order valence-corrected chi connectivity index (χ2v) is 5.43. The third-order valence-electron chi connectivity index (χ3n) is 3.72. The van der Waals surface area contributed by atoms with Crippen LogP contribution in [0.3, 0.4) is 0 Å². The largest absolute Gasteiger partial charge is 0.493 e. The van der Waals surface area contributed by atoms with Crippen molar-refractivity contribution in [3.05, 3.63) is 58.5 Å². The van der Waals surface area contributed by atoms with Gasteiger partial charge in [0.15, 0.2) is 11.5 Å². The van der Waals surface area contributed by atoms with Crippen molar-refractivity contribution in [1.29, 1.82) is 0 Å². The fourth-order valence-electron chi connectivity index (χ4n) is 2.41. The van der Waals surface area contributed by atoms with Gasteiger partial charge < -0.3 is 14.4 Å². The normalized spacial score (nSPS) is 10.6. The van der Waals surface area contributed by atoms with E-state index in [0.717, 1.165) is 36.6 Å². The summed E-state index contributed by atoms with van der Waals surface area (Å²) in [5.41, 5.74) is 2.82. The van der Waals surface area contributed by atoms with E-state index in [1.165, 1.54) is 5.56 Å². The molecule has 0 heterocycles. The summed E-state index contributed by atoms with van der Waals surface area (Å²) in [5, 5.41) is 2.91. The second kappa shape index (κ2) is 8.29. The molecule has 0 aliphatic rings. The maximum atomic E-state index is 10.4. The van der Waals surface area contributed by atoms with E-state index in [4.69, 9.17) is 9.47 Å². The first kappa shape index (κ1) is 17.0. The summed E-state index contributed by atoms with van der Waals surface area (Å²) >= 11 is 0. The predicted molar refractivity (Wildman–Crippen MR) is 91.5 cm³/mol. The quantitative estimate of drug-likeness (QED) is 0.696. The fraction of sp³-hybridized carbons (Fsp3) is 0.333. The molecule has 0 spiro atoms. The summed E-state index contributed by atoms with van der Waals surface area (Å²) in [6, 6.07) is 13.3. The molecule has 122 valence electrons. The molecule has 2 aromatic rings. The van der Waals surface area contributed by atoms with Crippen molar-refractivity contribution < 1.29 is 9.47 Å². The van der Waals surface area contributed by atoms with Crippen LogP contribution in [0.2, 0.25) is 0 Å². The average molecular weight is 314 g/mol. The minimum atomic E-state index is 0.460. The highest BCUT2D eigenvalue weighted by Crippen LogP contribution is 2.27. The molecule has 0 aromatic heterocycles. The van der Waals surface area contributed by atoms with Crippen molar-refractivity contribution in [2.24, 2.45) is 5.18 Å². The topological polar surface area (TPSA) is 51.1 Å². The predicted octanol–water partition coefficient (Wildman–Crippen LogP) is 3.78. The molecular weight excluding hydrogens is 292 g/mol. The van der Waals surface area contributed by atoms with E-state index in [1.54, 1.807) is 26.4 Å². The van der Waals surface area contributed by atoms with Gasteiger partial charge in [0.05, 0.1) is 14.2 Å². The SMILES string of the molecule is COc1ccc(CCN(C)Cc2ccc(N=O)cc2)cc1OC. The molecule has 2 aromatic carbocycles. The van der Waals surface area contributed by atoms with Gasteiger partial charge >= 0.3 is 0 Å². The minimum Gasteiger partial charge on any atom is -0.493 e. The number of benzene rings is 2. The molecular formula is C18H22N2O3. The monoisotopic (exact) mass is 314 g/mol. The average Bonchev–Trinajstić information content (AvgIpc) is 2.60. The Balaban J connectivity index is 1.90. The standard InChI is InChI=1S/C18H22N2O3/c1-20(13-15-4-7-16(19-21)8-5-15)11-10-14-6-9-17(22-2)18(12-14)23-3/h4-9,12H,10-11,13H2,1-3H3. The Hall–Kier alpha value is -2.40. The summed E-state index contributed by atoms with van der Waals surface area (Å²) < 4.78 is 10.6. The van der Waals surface area contributed by atoms with Crippen molar-refractivity contribution in [2.75, 3.05) is 27.8 Å². The zero-order valence-electron chi connectivity index (χ0n) is 13.8. The van der Waals surface area contributed by atoms with Crippen LogP contribution in [-0.2, 0) is 13.0 Å². The van der Waals surface area contributed by atoms with Gasteiger partial charge in [0.25, 0.3) is 0 Å². The molecule has 0 aliphatic heterocycles. The number of ether oxygens (including phenoxy) is 2. The molecule has 5 heteroatoms. The third kappa shape index (κ3) is 4.79. The van der Waals surface area contributed by atoms with Crippen LogP contribution in [-0.4, -0.2) is 32.7 Å². The number of hydrogen-bond acceptors (Lipinski definition) is 5. The molecule has 0 radical (unpaired) electrons. The van der Waals surface area contributed by atoms with E-state index in [1.807, 2.05) is 24.3 Å². The van der Waals surface area contributed by atoms with Gasteiger partial charge in [-0.3, -0.25) is 0 Å². The maximum Gasteiger partial charge on any atom is 0.160 e. The Bertz CT molecular complexity index is 641. The van der Waals surface area contributed by atoms with Crippen LogP contribution in [0.1, 0.15) is 11.1 Å². The van der Waals surface area contributed by atoms with Gasteiger partial charge in [-0.05, 0) is 54.0 Å². The highest BCUT2D eigenvalue weighted by atomic mass is 16.5. The molecule has 2 rings (SSSR count). The molecule has 0 aliphatic carbocycles. The first-order valence-electron chi connectivity index (χ1n) is 7.48. The Kier molecular flexibility index (Phi) is 6.11. The van der Waals surface area contributed by atoms with Gasteiger partial charge in [-0.25, -0.2) is 0 Å². The summed E-state index contributed by atoms with van der Waals surface area (Å²) in [7, 11) is 5.36. The molecule has 0 saturated heterocycles. The van der Waals surface area contributed by atoms with Gasteiger partial charge in [0, 0.05) is 13.1 Å². The lowest BCUT2D eigenvalue weighted by Crippen LogP contribution is -2.20. The molecule has 0 saturated carbocycles. The summed E-state index contributed by atoms with van der Waals surface area (Å²) in [6.45, 7) is 1.75. The van der Waals surface area contributed by atoms with Gasteiger partial charge in [-0.15, -0.1) is 4.91 Å². The molecule has 0 fully saturated rings. The van der Waals surface area contributed by atoms with Crippen LogP contribution in [0.25, 0.3) is 0 Å². The van der Waals surface area contributed by atoms with E-state index in [-0.39, 0.29) is 0 Å². The molecule has 0 N–H and O–H groups in total. The zero-order valence-corrected chi connectivity index (χ0v) is 13.8. The van der Waals surface area contributed by atoms with Gasteiger partial charge in [0.2, 0.25) is 0 Å². The first-order chi connectivity index (χ1) is 11.2. The maximum absolute atomic E-state index is 10.4. The smallest absolute Gasteiger partial charge is 0.160 e. The van der Waals surface area contributed by atoms with Crippen molar-refractivity contribution in [3.63, 3.8) is 0 Å². The van der Waals surface area contributed by atoms with Crippen LogP contribution in [0.15, 0.2) is 47.6 Å². The van der Waals surface area contributed by atoms with Gasteiger partial charge in [0.1, 0.15) is 5.69 Å². The summed E-state index contributed by atoms with van der Waals surface area (Å²) in [6.07, 6.45) is 0.921. The highest BCUT2D eigenvalue weighted by molar-refractivity contribution is 5.43. The van der Waals surface area contributed by atoms with Crippen molar-refractivity contribution >= 4 is 5.69 Å². The first-order valence-corrected chi connectivity index (χ1v) is 7.48. The van der Waals surface area contributed by atoms with Crippen LogP contribution in [0.4, 0.5) is 5.69 Å². The molecule has 5 nitrogen and oxygen atoms in total. The minimum absolute atomic E-state index is 0.460. The number of hydrogen-bond donors (Lipinski definition) is 0. The number of nitrogens with zero attached hydrogens (tertiary/aromatic N) is 2. The molecule has 0 unspecified atom stereocenters. The second-order valence-electron chi connectivity index (χ2n) is 5.43. The van der Waals surface area contributed by atoms with Crippen LogP contribution in [0, 0.1) is 4.91 Å². The fourth-order valence-corrected chi connectivity index (χ4v) is 2.41. The van der Waals surface area contributed by atoms with Crippen LogP contribution in [0.5, 0.6) is 11.5 Å². The van der Waals surface area contributed by atoms with E-state index in [9.17, 15) is 4.91 Å². The Morgan fingerprint density at radius 3 is 2.22 bits per heavy atom. The van der Waals surface area contributed by atoms with Crippen molar-refractivity contribution in [3.8, 4) is 11.5 Å². The summed E-state index contributed by atoms with van der Waals surface area (Å²) in [4.78, 5) is 12.7. The molecule has 0 bridgehead atoms. The van der Waals surface area contributed by atoms with Crippen molar-refractivity contribution in [2.45, 2.75) is 13.0 Å². The van der Waals surface area contributed by atoms with Crippen LogP contribution >= 0.6 is 0 Å². The molecule has 0 atom stereocenters. The van der Waals surface area contributed by atoms with Crippen molar-refractivity contribution in [1.82, 2.24) is 4.90 Å². The lowest BCUT2D eigenvalue weighted by molar-refractivity contribution is 0.330. The van der Waals surface area contributed by atoms with E-state index in [0.29, 0.717) is 5.69 Å². The Labute approximate surface area is 136 Å². The van der Waals surface area contributed by atoms with E-state index < -0.39 is 0 Å². The summed E-state index contributed by atoms with van der Waals surface area (Å²) in [5.74, 6) is 1.50. The van der Waals surface area contributed by atoms with Gasteiger partial charge in [-0.2, -0.15) is 0 Å².